The van der Waals surface area contributed by atoms with Gasteiger partial charge in [-0.15, -0.1) is 13.2 Å². The normalized spacial score (nSPS) is 11.7. The smallest absolute Gasteiger partial charge is 0.436 e. The number of carbonyl (C=O) groups is 1. The van der Waals surface area contributed by atoms with Gasteiger partial charge in [-0.05, 0) is 73.0 Å². The maximum Gasteiger partial charge on any atom is 0.573 e. The summed E-state index contributed by atoms with van der Waals surface area (Å²) in [6, 6.07) is 15.6. The quantitative estimate of drug-likeness (QED) is 0.271. The van der Waals surface area contributed by atoms with Crippen LogP contribution < -0.4 is 15.5 Å². The van der Waals surface area contributed by atoms with Crippen molar-refractivity contribution in [2.24, 2.45) is 5.10 Å². The maximum atomic E-state index is 12.3. The van der Waals surface area contributed by atoms with Crippen LogP contribution in [0.2, 0.25) is 0 Å². The Hall–Kier alpha value is -4.34. The number of hydrogen-bond acceptors (Lipinski definition) is 5. The van der Waals surface area contributed by atoms with E-state index in [-0.39, 0.29) is 11.6 Å². The second-order valence-corrected chi connectivity index (χ2v) is 7.41. The minimum Gasteiger partial charge on any atom is -0.436 e. The average Bonchev–Trinajstić information content (AvgIpc) is 3.19. The fourth-order valence-electron chi connectivity index (χ4n) is 3.27. The van der Waals surface area contributed by atoms with Gasteiger partial charge in [0.15, 0.2) is 5.58 Å². The van der Waals surface area contributed by atoms with Crippen molar-refractivity contribution in [2.75, 3.05) is 5.32 Å². The molecule has 7 nitrogen and oxygen atoms in total. The molecule has 0 saturated heterocycles. The lowest BCUT2D eigenvalue weighted by Crippen LogP contribution is -2.25. The van der Waals surface area contributed by atoms with Gasteiger partial charge in [-0.3, -0.25) is 0 Å². The van der Waals surface area contributed by atoms with E-state index < -0.39 is 12.4 Å². The molecule has 174 valence electrons. The molecule has 0 radical (unpaired) electrons. The van der Waals surface area contributed by atoms with Crippen LogP contribution in [0.5, 0.6) is 5.75 Å². The highest BCUT2D eigenvalue weighted by atomic mass is 19.4. The summed E-state index contributed by atoms with van der Waals surface area (Å²) in [7, 11) is 0. The Morgan fingerprint density at radius 3 is 2.44 bits per heavy atom. The lowest BCUT2D eigenvalue weighted by atomic mass is 10.1. The molecule has 4 rings (SSSR count). The third-order valence-electron chi connectivity index (χ3n) is 4.85. The lowest BCUT2D eigenvalue weighted by Gasteiger charge is -2.10. The van der Waals surface area contributed by atoms with E-state index in [1.54, 1.807) is 18.2 Å². The van der Waals surface area contributed by atoms with Crippen molar-refractivity contribution >= 4 is 29.0 Å². The maximum absolute atomic E-state index is 12.3. The Balaban J connectivity index is 1.43. The van der Waals surface area contributed by atoms with Crippen molar-refractivity contribution in [3.63, 3.8) is 0 Å². The Bertz CT molecular complexity index is 1340. The van der Waals surface area contributed by atoms with E-state index in [2.05, 4.69) is 25.6 Å². The number of oxazole rings is 1. The predicted octanol–water partition coefficient (Wildman–Crippen LogP) is 6.17. The molecular weight excluding hydrogens is 449 g/mol. The number of anilines is 1. The van der Waals surface area contributed by atoms with E-state index in [9.17, 15) is 18.0 Å². The minimum absolute atomic E-state index is 0.244. The number of nitrogens with zero attached hydrogens (tertiary/aromatic N) is 2. The van der Waals surface area contributed by atoms with Crippen molar-refractivity contribution in [1.82, 2.24) is 10.4 Å². The van der Waals surface area contributed by atoms with Crippen molar-refractivity contribution in [3.8, 4) is 17.2 Å². The number of aromatic nitrogens is 1. The Morgan fingerprint density at radius 1 is 1.06 bits per heavy atom. The summed E-state index contributed by atoms with van der Waals surface area (Å²) in [5.74, 6) is -0.0891. The standard InChI is InChI=1S/C24H19F3N4O3/c1-14-4-3-5-15(2)21(14)30-23(32)31-28-13-16-6-11-20-19(12-16)29-22(33-20)17-7-9-18(10-8-17)34-24(25,26)27/h3-13H,1-2H3,(H2,30,31,32). The van der Waals surface area contributed by atoms with Crippen molar-refractivity contribution in [1.29, 1.82) is 0 Å². The molecule has 0 aliphatic heterocycles. The van der Waals surface area contributed by atoms with Crippen LogP contribution in [0, 0.1) is 13.8 Å². The van der Waals surface area contributed by atoms with Crippen LogP contribution in [0.1, 0.15) is 16.7 Å². The Morgan fingerprint density at radius 2 is 1.76 bits per heavy atom. The molecule has 0 bridgehead atoms. The number of ether oxygens (including phenoxy) is 1. The summed E-state index contributed by atoms with van der Waals surface area (Å²) in [6.07, 6.45) is -3.30. The summed E-state index contributed by atoms with van der Waals surface area (Å²) in [5.41, 5.74) is 7.19. The van der Waals surface area contributed by atoms with Crippen LogP contribution in [0.3, 0.4) is 0 Å². The van der Waals surface area contributed by atoms with Crippen LogP contribution in [-0.2, 0) is 0 Å². The van der Waals surface area contributed by atoms with Gasteiger partial charge in [-0.1, -0.05) is 18.2 Å². The zero-order valence-corrected chi connectivity index (χ0v) is 18.1. The highest BCUT2D eigenvalue weighted by Gasteiger charge is 2.31. The number of para-hydroxylation sites is 1. The molecule has 1 aromatic heterocycles. The van der Waals surface area contributed by atoms with E-state index in [0.29, 0.717) is 22.2 Å². The Labute approximate surface area is 192 Å². The number of rotatable bonds is 5. The highest BCUT2D eigenvalue weighted by molar-refractivity contribution is 5.92. The highest BCUT2D eigenvalue weighted by Crippen LogP contribution is 2.28. The van der Waals surface area contributed by atoms with Crippen LogP contribution in [-0.4, -0.2) is 23.6 Å². The molecule has 0 aliphatic carbocycles. The molecule has 0 atom stereocenters. The second-order valence-electron chi connectivity index (χ2n) is 7.41. The van der Waals surface area contributed by atoms with Gasteiger partial charge >= 0.3 is 12.4 Å². The SMILES string of the molecule is Cc1cccc(C)c1NC(=O)NN=Cc1ccc2oc(-c3ccc(OC(F)(F)F)cc3)nc2c1. The van der Waals surface area contributed by atoms with Gasteiger partial charge < -0.3 is 14.5 Å². The van der Waals surface area contributed by atoms with E-state index >= 15 is 0 Å². The summed E-state index contributed by atoms with van der Waals surface area (Å²) >= 11 is 0. The zero-order valence-electron chi connectivity index (χ0n) is 18.1. The monoisotopic (exact) mass is 468 g/mol. The lowest BCUT2D eigenvalue weighted by molar-refractivity contribution is -0.274. The summed E-state index contributed by atoms with van der Waals surface area (Å²) < 4.78 is 46.5. The molecule has 0 spiro atoms. The Kier molecular flexibility index (Phi) is 6.22. The molecular formula is C24H19F3N4O3. The molecule has 2 N–H and O–H groups in total. The predicted molar refractivity (Wildman–Crippen MR) is 122 cm³/mol. The molecule has 2 amide bonds. The van der Waals surface area contributed by atoms with Crippen molar-refractivity contribution < 1.29 is 27.1 Å². The van der Waals surface area contributed by atoms with Gasteiger partial charge in [0.05, 0.1) is 6.21 Å². The fourth-order valence-corrected chi connectivity index (χ4v) is 3.27. The summed E-state index contributed by atoms with van der Waals surface area (Å²) in [5, 5.41) is 6.73. The van der Waals surface area contributed by atoms with Gasteiger partial charge in [0.25, 0.3) is 0 Å². The number of halogens is 3. The van der Waals surface area contributed by atoms with Gasteiger partial charge in [0.2, 0.25) is 5.89 Å². The molecule has 34 heavy (non-hydrogen) atoms. The third-order valence-corrected chi connectivity index (χ3v) is 4.85. The molecule has 0 fully saturated rings. The van der Waals surface area contributed by atoms with Gasteiger partial charge in [0.1, 0.15) is 11.3 Å². The van der Waals surface area contributed by atoms with Crippen molar-refractivity contribution in [3.05, 3.63) is 77.4 Å². The molecule has 0 aliphatic rings. The van der Waals surface area contributed by atoms with Crippen LogP contribution in [0.4, 0.5) is 23.7 Å². The van der Waals surface area contributed by atoms with E-state index in [4.69, 9.17) is 4.42 Å². The number of nitrogens with one attached hydrogen (secondary N) is 2. The first kappa shape index (κ1) is 22.8. The topological polar surface area (TPSA) is 88.8 Å². The van der Waals surface area contributed by atoms with E-state index in [1.807, 2.05) is 32.0 Å². The third kappa shape index (κ3) is 5.52. The zero-order chi connectivity index (χ0) is 24.3. The van der Waals surface area contributed by atoms with Gasteiger partial charge in [-0.2, -0.15) is 5.10 Å². The van der Waals surface area contributed by atoms with E-state index in [0.717, 1.165) is 16.8 Å². The summed E-state index contributed by atoms with van der Waals surface area (Å²) in [4.78, 5) is 16.5. The molecule has 0 saturated carbocycles. The number of aryl methyl sites for hydroxylation is 2. The van der Waals surface area contributed by atoms with Crippen LogP contribution in [0.15, 0.2) is 70.2 Å². The van der Waals surface area contributed by atoms with Gasteiger partial charge in [0, 0.05) is 11.3 Å². The number of alkyl halides is 3. The first-order valence-corrected chi connectivity index (χ1v) is 10.1. The average molecular weight is 468 g/mol. The molecule has 1 heterocycles. The van der Waals surface area contributed by atoms with E-state index in [1.165, 1.54) is 30.5 Å². The second kappa shape index (κ2) is 9.26. The number of amides is 2. The number of hydrogen-bond donors (Lipinski definition) is 2. The van der Waals surface area contributed by atoms with Crippen LogP contribution >= 0.6 is 0 Å². The van der Waals surface area contributed by atoms with Crippen LogP contribution in [0.25, 0.3) is 22.6 Å². The number of carbonyl (C=O) groups excluding carboxylic acids is 1. The molecule has 3 aromatic carbocycles. The van der Waals surface area contributed by atoms with Crippen molar-refractivity contribution in [2.45, 2.75) is 20.2 Å². The first-order valence-electron chi connectivity index (χ1n) is 10.1. The number of urea groups is 1. The number of benzene rings is 3. The van der Waals surface area contributed by atoms with Gasteiger partial charge in [-0.25, -0.2) is 15.2 Å². The molecule has 0 unspecified atom stereocenters. The fraction of sp³-hybridized carbons (Fsp3) is 0.125. The minimum atomic E-state index is -4.76. The molecule has 4 aromatic rings. The summed E-state index contributed by atoms with van der Waals surface area (Å²) in [6.45, 7) is 3.80. The number of hydrazone groups is 1. The largest absolute Gasteiger partial charge is 0.573 e. The number of fused-ring (bicyclic) bond motifs is 1. The first-order chi connectivity index (χ1) is 16.2. The molecule has 10 heteroatoms.